The van der Waals surface area contributed by atoms with E-state index in [-0.39, 0.29) is 21.2 Å². The van der Waals surface area contributed by atoms with Crippen LogP contribution in [0.3, 0.4) is 0 Å². The molecule has 1 atom stereocenters. The molecule has 0 spiro atoms. The first-order valence-electron chi connectivity index (χ1n) is 8.83. The molecule has 1 amide bonds. The molecular formula is C21H13Cl4NO3S. The molecule has 0 radical (unpaired) electrons. The third-order valence-electron chi connectivity index (χ3n) is 5.02. The number of thiophene rings is 1. The van der Waals surface area contributed by atoms with Crippen LogP contribution in [0.2, 0.25) is 20.1 Å². The van der Waals surface area contributed by atoms with Gasteiger partial charge in [0, 0.05) is 11.4 Å². The van der Waals surface area contributed by atoms with Gasteiger partial charge < -0.3 is 10.0 Å². The quantitative estimate of drug-likeness (QED) is 0.427. The molecule has 4 nitrogen and oxygen atoms in total. The largest absolute Gasteiger partial charge is 0.478 e. The molecule has 1 aromatic heterocycles. The van der Waals surface area contributed by atoms with Crippen LogP contribution < -0.4 is 0 Å². The highest BCUT2D eigenvalue weighted by molar-refractivity contribution is 7.10. The lowest BCUT2D eigenvalue weighted by molar-refractivity contribution is 0.0654. The first-order chi connectivity index (χ1) is 14.3. The number of nitrogens with zero attached hydrogens (tertiary/aromatic N) is 1. The van der Waals surface area contributed by atoms with Crippen LogP contribution in [0, 0.1) is 0 Å². The van der Waals surface area contributed by atoms with Crippen molar-refractivity contribution >= 4 is 69.6 Å². The normalized spacial score (nSPS) is 15.7. The van der Waals surface area contributed by atoms with E-state index in [4.69, 9.17) is 46.4 Å². The Morgan fingerprint density at radius 3 is 2.37 bits per heavy atom. The van der Waals surface area contributed by atoms with Gasteiger partial charge in [-0.1, -0.05) is 58.5 Å². The fourth-order valence-electron chi connectivity index (χ4n) is 3.66. The molecule has 2 heterocycles. The van der Waals surface area contributed by atoms with Gasteiger partial charge in [-0.2, -0.15) is 0 Å². The zero-order valence-corrected chi connectivity index (χ0v) is 19.0. The average Bonchev–Trinajstić information content (AvgIpc) is 3.19. The molecule has 30 heavy (non-hydrogen) atoms. The van der Waals surface area contributed by atoms with Crippen LogP contribution in [-0.4, -0.2) is 28.4 Å². The molecule has 4 rings (SSSR count). The predicted molar refractivity (Wildman–Crippen MR) is 121 cm³/mol. The molecule has 1 aliphatic rings. The lowest BCUT2D eigenvalue weighted by Gasteiger charge is -2.37. The number of fused-ring (bicyclic) bond motifs is 1. The van der Waals surface area contributed by atoms with E-state index < -0.39 is 17.9 Å². The van der Waals surface area contributed by atoms with E-state index in [1.165, 1.54) is 12.1 Å². The number of halogens is 4. The molecule has 0 saturated heterocycles. The number of hydrogen-bond acceptors (Lipinski definition) is 3. The Bertz CT molecular complexity index is 1180. The van der Waals surface area contributed by atoms with Crippen LogP contribution in [0.25, 0.3) is 0 Å². The van der Waals surface area contributed by atoms with Crippen molar-refractivity contribution in [1.82, 2.24) is 4.90 Å². The number of carbonyl (C=O) groups excluding carboxylic acids is 1. The van der Waals surface area contributed by atoms with E-state index in [9.17, 15) is 14.7 Å². The smallest absolute Gasteiger partial charge is 0.336 e. The fraction of sp³-hybridized carbons (Fsp3) is 0.143. The summed E-state index contributed by atoms with van der Waals surface area (Å²) >= 11 is 26.4. The minimum absolute atomic E-state index is 0.0290. The van der Waals surface area contributed by atoms with Gasteiger partial charge in [0.05, 0.1) is 37.3 Å². The number of rotatable bonds is 3. The maximum atomic E-state index is 13.6. The standard InChI is InChI=1S/C21H13Cl4NO3S/c22-14-3-1-2-11(18(14)25)19-10-5-7-30-17(10)4-6-26(19)20(27)12-8-15(23)16(24)9-13(12)21(28)29/h1-3,5,7-9,19H,4,6H2,(H,28,29). The Morgan fingerprint density at radius 1 is 0.967 bits per heavy atom. The second kappa shape index (κ2) is 8.40. The Hall–Kier alpha value is -1.76. The molecule has 1 aliphatic heterocycles. The molecule has 0 saturated carbocycles. The van der Waals surface area contributed by atoms with Crippen molar-refractivity contribution in [3.63, 3.8) is 0 Å². The highest BCUT2D eigenvalue weighted by Crippen LogP contribution is 2.43. The number of carboxylic acids is 1. The van der Waals surface area contributed by atoms with Gasteiger partial charge in [-0.15, -0.1) is 11.3 Å². The molecule has 154 valence electrons. The van der Waals surface area contributed by atoms with Gasteiger partial charge in [0.15, 0.2) is 0 Å². The average molecular weight is 501 g/mol. The van der Waals surface area contributed by atoms with Gasteiger partial charge in [0.2, 0.25) is 0 Å². The second-order valence-corrected chi connectivity index (χ2v) is 9.31. The lowest BCUT2D eigenvalue weighted by Crippen LogP contribution is -2.40. The van der Waals surface area contributed by atoms with Gasteiger partial charge in [0.25, 0.3) is 5.91 Å². The van der Waals surface area contributed by atoms with Gasteiger partial charge in [0.1, 0.15) is 0 Å². The summed E-state index contributed by atoms with van der Waals surface area (Å²) in [6.07, 6.45) is 0.650. The fourth-order valence-corrected chi connectivity index (χ4v) is 5.30. The van der Waals surface area contributed by atoms with Crippen LogP contribution in [-0.2, 0) is 6.42 Å². The summed E-state index contributed by atoms with van der Waals surface area (Å²) in [7, 11) is 0. The van der Waals surface area contributed by atoms with Crippen molar-refractivity contribution in [2.45, 2.75) is 12.5 Å². The summed E-state index contributed by atoms with van der Waals surface area (Å²) in [5, 5.41) is 12.5. The molecule has 3 aromatic rings. The van der Waals surface area contributed by atoms with Crippen LogP contribution >= 0.6 is 57.7 Å². The number of carbonyl (C=O) groups is 2. The van der Waals surface area contributed by atoms with Crippen LogP contribution in [0.1, 0.15) is 42.8 Å². The van der Waals surface area contributed by atoms with Crippen molar-refractivity contribution < 1.29 is 14.7 Å². The predicted octanol–water partition coefficient (Wildman–Crippen LogP) is 6.85. The number of hydrogen-bond donors (Lipinski definition) is 1. The van der Waals surface area contributed by atoms with E-state index in [0.29, 0.717) is 28.6 Å². The monoisotopic (exact) mass is 499 g/mol. The molecule has 0 aliphatic carbocycles. The zero-order chi connectivity index (χ0) is 21.6. The zero-order valence-electron chi connectivity index (χ0n) is 15.2. The minimum atomic E-state index is -1.26. The van der Waals surface area contributed by atoms with Crippen LogP contribution in [0.4, 0.5) is 0 Å². The molecule has 0 bridgehead atoms. The Labute approximate surface area is 196 Å². The molecule has 2 aromatic carbocycles. The highest BCUT2D eigenvalue weighted by Gasteiger charge is 2.36. The van der Waals surface area contributed by atoms with Crippen molar-refractivity contribution in [3.8, 4) is 0 Å². The summed E-state index contributed by atoms with van der Waals surface area (Å²) < 4.78 is 0. The Kier molecular flexibility index (Phi) is 6.02. The van der Waals surface area contributed by atoms with Gasteiger partial charge in [-0.05, 0) is 47.2 Å². The first kappa shape index (κ1) is 21.5. The maximum absolute atomic E-state index is 13.6. The van der Waals surface area contributed by atoms with E-state index in [0.717, 1.165) is 10.4 Å². The number of benzene rings is 2. The summed E-state index contributed by atoms with van der Waals surface area (Å²) in [4.78, 5) is 28.1. The van der Waals surface area contributed by atoms with E-state index in [2.05, 4.69) is 0 Å². The highest BCUT2D eigenvalue weighted by atomic mass is 35.5. The summed E-state index contributed by atoms with van der Waals surface area (Å²) in [6.45, 7) is 0.388. The second-order valence-electron chi connectivity index (χ2n) is 6.71. The van der Waals surface area contributed by atoms with E-state index in [1.807, 2.05) is 17.5 Å². The van der Waals surface area contributed by atoms with Crippen molar-refractivity contribution in [1.29, 1.82) is 0 Å². The third kappa shape index (κ3) is 3.70. The van der Waals surface area contributed by atoms with E-state index >= 15 is 0 Å². The van der Waals surface area contributed by atoms with Crippen LogP contribution in [0.15, 0.2) is 41.8 Å². The number of amides is 1. The number of aromatic carboxylic acids is 1. The van der Waals surface area contributed by atoms with Crippen molar-refractivity contribution in [2.75, 3.05) is 6.54 Å². The Morgan fingerprint density at radius 2 is 1.67 bits per heavy atom. The van der Waals surface area contributed by atoms with Gasteiger partial charge >= 0.3 is 5.97 Å². The molecule has 0 fully saturated rings. The molecular weight excluding hydrogens is 488 g/mol. The van der Waals surface area contributed by atoms with Crippen molar-refractivity contribution in [3.05, 3.63) is 89.0 Å². The molecule has 9 heteroatoms. The Balaban J connectivity index is 1.88. The SMILES string of the molecule is O=C(O)c1cc(Cl)c(Cl)cc1C(=O)N1CCc2sccc2C1c1cccc(Cl)c1Cl. The lowest BCUT2D eigenvalue weighted by atomic mass is 9.92. The van der Waals surface area contributed by atoms with Gasteiger partial charge in [-0.3, -0.25) is 4.79 Å². The first-order valence-corrected chi connectivity index (χ1v) is 11.2. The maximum Gasteiger partial charge on any atom is 0.336 e. The molecule has 1 unspecified atom stereocenters. The summed E-state index contributed by atoms with van der Waals surface area (Å²) in [5.74, 6) is -1.73. The third-order valence-corrected chi connectivity index (χ3v) is 7.58. The molecule has 1 N–H and O–H groups in total. The summed E-state index contributed by atoms with van der Waals surface area (Å²) in [6, 6.07) is 9.21. The van der Waals surface area contributed by atoms with E-state index in [1.54, 1.807) is 28.4 Å². The summed E-state index contributed by atoms with van der Waals surface area (Å²) in [5.41, 5.74) is 1.38. The van der Waals surface area contributed by atoms with Crippen LogP contribution in [0.5, 0.6) is 0 Å². The van der Waals surface area contributed by atoms with Gasteiger partial charge in [-0.25, -0.2) is 4.79 Å². The van der Waals surface area contributed by atoms with Crippen molar-refractivity contribution in [2.24, 2.45) is 0 Å². The minimum Gasteiger partial charge on any atom is -0.478 e. The number of carboxylic acid groups (broad SMARTS) is 1. The topological polar surface area (TPSA) is 57.6 Å².